The van der Waals surface area contributed by atoms with E-state index in [0.29, 0.717) is 30.3 Å². The fourth-order valence-electron chi connectivity index (χ4n) is 4.14. The fourth-order valence-corrected chi connectivity index (χ4v) is 5.31. The molecule has 0 aliphatic heterocycles. The zero-order valence-electron chi connectivity index (χ0n) is 17.9. The molecule has 5 N–H and O–H groups in total. The van der Waals surface area contributed by atoms with Gasteiger partial charge in [-0.3, -0.25) is 0 Å². The number of sulfonamides is 1. The summed E-state index contributed by atoms with van der Waals surface area (Å²) in [5.74, 6) is 5.29. The second-order valence-corrected chi connectivity index (χ2v) is 9.99. The van der Waals surface area contributed by atoms with Crippen LogP contribution in [0.25, 0.3) is 10.9 Å². The molecule has 3 aromatic rings. The van der Waals surface area contributed by atoms with Crippen molar-refractivity contribution >= 4 is 32.7 Å². The largest absolute Gasteiger partial charge is 0.354 e. The van der Waals surface area contributed by atoms with Gasteiger partial charge in [0.15, 0.2) is 5.82 Å². The molecular weight excluding hydrogens is 462 g/mol. The Balaban J connectivity index is 0.00000324. The van der Waals surface area contributed by atoms with Crippen LogP contribution in [0.5, 0.6) is 0 Å². The van der Waals surface area contributed by atoms with Crippen LogP contribution in [-0.4, -0.2) is 31.5 Å². The third kappa shape index (κ3) is 5.96. The van der Waals surface area contributed by atoms with Crippen molar-refractivity contribution < 1.29 is 17.2 Å². The molecule has 1 aromatic heterocycles. The molecule has 184 valence electrons. The molecule has 4 rings (SSSR count). The first-order chi connectivity index (χ1) is 15.9. The van der Waals surface area contributed by atoms with E-state index in [0.717, 1.165) is 48.7 Å². The SMILES string of the molecule is C.NNc1nc(NCC2CCC(CNS(=O)(=O)c3ccc(F)cc3F)CC2)nc2ccccc12. The molecule has 0 saturated heterocycles. The number of nitrogens with one attached hydrogen (secondary N) is 3. The van der Waals surface area contributed by atoms with Crippen LogP contribution in [0.15, 0.2) is 47.4 Å². The number of fused-ring (bicyclic) bond motifs is 1. The minimum atomic E-state index is -4.03. The van der Waals surface area contributed by atoms with Gasteiger partial charge >= 0.3 is 0 Å². The van der Waals surface area contributed by atoms with Gasteiger partial charge in [0.25, 0.3) is 0 Å². The van der Waals surface area contributed by atoms with Crippen LogP contribution in [0.2, 0.25) is 0 Å². The highest BCUT2D eigenvalue weighted by atomic mass is 32.2. The Bertz CT molecular complexity index is 1230. The van der Waals surface area contributed by atoms with Crippen LogP contribution in [0.1, 0.15) is 33.1 Å². The Morgan fingerprint density at radius 1 is 0.971 bits per heavy atom. The number of para-hydroxylation sites is 1. The molecule has 0 amide bonds. The van der Waals surface area contributed by atoms with Crippen molar-refractivity contribution in [2.45, 2.75) is 38.0 Å². The second-order valence-electron chi connectivity index (χ2n) is 8.25. The van der Waals surface area contributed by atoms with Gasteiger partial charge in [-0.25, -0.2) is 32.7 Å². The number of benzene rings is 2. The molecule has 1 fully saturated rings. The number of aromatic nitrogens is 2. The Labute approximate surface area is 198 Å². The van der Waals surface area contributed by atoms with Crippen LogP contribution in [0.3, 0.4) is 0 Å². The van der Waals surface area contributed by atoms with E-state index in [-0.39, 0.29) is 19.9 Å². The van der Waals surface area contributed by atoms with Gasteiger partial charge in [0.05, 0.1) is 5.52 Å². The standard InChI is InChI=1S/C22H26F2N6O2S.CH4/c23-16-9-10-20(18(24)11-16)33(31,32)27-13-15-7-5-14(6-8-15)12-26-22-28-19-4-2-1-3-17(19)21(29-22)30-25;/h1-4,9-11,14-15,27H,5-8,12-13,25H2,(H2,26,28,29,30);1H4. The molecule has 2 aromatic carbocycles. The van der Waals surface area contributed by atoms with E-state index in [1.165, 1.54) is 0 Å². The number of hydrogen-bond acceptors (Lipinski definition) is 7. The first-order valence-corrected chi connectivity index (χ1v) is 12.3. The van der Waals surface area contributed by atoms with Gasteiger partial charge in [-0.05, 0) is 61.8 Å². The molecule has 0 atom stereocenters. The van der Waals surface area contributed by atoms with Crippen LogP contribution in [0, 0.1) is 23.5 Å². The lowest BCUT2D eigenvalue weighted by Crippen LogP contribution is -2.32. The summed E-state index contributed by atoms with van der Waals surface area (Å²) in [6.45, 7) is 0.917. The van der Waals surface area contributed by atoms with Gasteiger partial charge in [-0.15, -0.1) is 0 Å². The second kappa shape index (κ2) is 11.0. The fraction of sp³-hybridized carbons (Fsp3) is 0.391. The van der Waals surface area contributed by atoms with Crippen molar-refractivity contribution in [2.24, 2.45) is 17.7 Å². The summed E-state index contributed by atoms with van der Waals surface area (Å²) in [7, 11) is -4.03. The molecular formula is C23H30F2N6O2S. The van der Waals surface area contributed by atoms with Crippen molar-refractivity contribution in [2.75, 3.05) is 23.8 Å². The predicted molar refractivity (Wildman–Crippen MR) is 130 cm³/mol. The van der Waals surface area contributed by atoms with Gasteiger partial charge in [-0.1, -0.05) is 19.6 Å². The maximum Gasteiger partial charge on any atom is 0.243 e. The number of rotatable bonds is 8. The van der Waals surface area contributed by atoms with E-state index < -0.39 is 26.6 Å². The molecule has 34 heavy (non-hydrogen) atoms. The molecule has 1 aliphatic carbocycles. The first-order valence-electron chi connectivity index (χ1n) is 10.8. The van der Waals surface area contributed by atoms with Crippen LogP contribution >= 0.6 is 0 Å². The molecule has 0 spiro atoms. The summed E-state index contributed by atoms with van der Waals surface area (Å²) >= 11 is 0. The molecule has 0 bridgehead atoms. The summed E-state index contributed by atoms with van der Waals surface area (Å²) in [5, 5.41) is 4.12. The van der Waals surface area contributed by atoms with E-state index in [2.05, 4.69) is 25.4 Å². The Hall–Kier alpha value is -2.89. The van der Waals surface area contributed by atoms with E-state index in [4.69, 9.17) is 5.84 Å². The first kappa shape index (κ1) is 25.7. The number of halogens is 2. The quantitative estimate of drug-likeness (QED) is 0.277. The van der Waals surface area contributed by atoms with Gasteiger partial charge in [0.1, 0.15) is 16.5 Å². The van der Waals surface area contributed by atoms with Gasteiger partial charge < -0.3 is 10.7 Å². The summed E-state index contributed by atoms with van der Waals surface area (Å²) < 4.78 is 54.1. The summed E-state index contributed by atoms with van der Waals surface area (Å²) in [4.78, 5) is 8.42. The van der Waals surface area contributed by atoms with Gasteiger partial charge in [0.2, 0.25) is 16.0 Å². The molecule has 0 unspecified atom stereocenters. The van der Waals surface area contributed by atoms with E-state index >= 15 is 0 Å². The topological polar surface area (TPSA) is 122 Å². The lowest BCUT2D eigenvalue weighted by molar-refractivity contribution is 0.284. The maximum atomic E-state index is 13.8. The van der Waals surface area contributed by atoms with Crippen molar-refractivity contribution in [3.05, 3.63) is 54.1 Å². The molecule has 1 aliphatic rings. The zero-order valence-corrected chi connectivity index (χ0v) is 18.7. The third-order valence-electron chi connectivity index (χ3n) is 6.00. The van der Waals surface area contributed by atoms with E-state index in [9.17, 15) is 17.2 Å². The lowest BCUT2D eigenvalue weighted by atomic mass is 9.82. The Kier molecular flexibility index (Phi) is 8.34. The highest BCUT2D eigenvalue weighted by Crippen LogP contribution is 2.29. The number of nitrogens with two attached hydrogens (primary N) is 1. The highest BCUT2D eigenvalue weighted by Gasteiger charge is 2.25. The summed E-state index contributed by atoms with van der Waals surface area (Å²) in [6, 6.07) is 10.0. The van der Waals surface area contributed by atoms with Gasteiger partial charge in [0, 0.05) is 24.5 Å². The average molecular weight is 493 g/mol. The molecule has 11 heteroatoms. The average Bonchev–Trinajstić information content (AvgIpc) is 2.81. The normalized spacial score (nSPS) is 18.3. The molecule has 0 radical (unpaired) electrons. The van der Waals surface area contributed by atoms with Crippen molar-refractivity contribution in [1.29, 1.82) is 0 Å². The number of anilines is 2. The highest BCUT2D eigenvalue weighted by molar-refractivity contribution is 7.89. The van der Waals surface area contributed by atoms with Crippen molar-refractivity contribution in [3.8, 4) is 0 Å². The van der Waals surface area contributed by atoms with Crippen LogP contribution in [-0.2, 0) is 10.0 Å². The third-order valence-corrected chi connectivity index (χ3v) is 7.46. The zero-order chi connectivity index (χ0) is 23.4. The van der Waals surface area contributed by atoms with Crippen molar-refractivity contribution in [1.82, 2.24) is 14.7 Å². The monoisotopic (exact) mass is 492 g/mol. The predicted octanol–water partition coefficient (Wildman–Crippen LogP) is 4.03. The number of hydrazine groups is 1. The number of nitrogens with zero attached hydrogens (tertiary/aromatic N) is 2. The Morgan fingerprint density at radius 3 is 2.32 bits per heavy atom. The number of hydrogen-bond donors (Lipinski definition) is 4. The maximum absolute atomic E-state index is 13.8. The smallest absolute Gasteiger partial charge is 0.243 e. The van der Waals surface area contributed by atoms with E-state index in [1.807, 2.05) is 24.3 Å². The minimum Gasteiger partial charge on any atom is -0.354 e. The Morgan fingerprint density at radius 2 is 1.65 bits per heavy atom. The van der Waals surface area contributed by atoms with Crippen molar-refractivity contribution in [3.63, 3.8) is 0 Å². The molecule has 1 saturated carbocycles. The summed E-state index contributed by atoms with van der Waals surface area (Å²) in [6.07, 6.45) is 3.52. The minimum absolute atomic E-state index is 0. The van der Waals surface area contributed by atoms with Gasteiger partial charge in [-0.2, -0.15) is 4.98 Å². The van der Waals surface area contributed by atoms with Crippen LogP contribution in [0.4, 0.5) is 20.5 Å². The van der Waals surface area contributed by atoms with Crippen LogP contribution < -0.4 is 21.3 Å². The summed E-state index contributed by atoms with van der Waals surface area (Å²) in [5.41, 5.74) is 3.40. The number of nitrogen functional groups attached to an aromatic ring is 1. The molecule has 1 heterocycles. The van der Waals surface area contributed by atoms with E-state index in [1.54, 1.807) is 0 Å². The lowest BCUT2D eigenvalue weighted by Gasteiger charge is -2.28. The molecule has 8 nitrogen and oxygen atoms in total.